The number of halogens is 1. The summed E-state index contributed by atoms with van der Waals surface area (Å²) < 4.78 is 14.6. The maximum atomic E-state index is 14.6. The predicted octanol–water partition coefficient (Wildman–Crippen LogP) is 7.00. The summed E-state index contributed by atoms with van der Waals surface area (Å²) in [5.41, 5.74) is 8.61. The molecule has 0 amide bonds. The summed E-state index contributed by atoms with van der Waals surface area (Å²) >= 11 is 0. The van der Waals surface area contributed by atoms with Gasteiger partial charge in [-0.15, -0.1) is 0 Å². The smallest absolute Gasteiger partial charge is 0.131 e. The normalized spacial score (nSPS) is 15.9. The lowest BCUT2D eigenvalue weighted by Gasteiger charge is -2.26. The monoisotopic (exact) mass is 340 g/mol. The van der Waals surface area contributed by atoms with Gasteiger partial charge in [-0.2, -0.15) is 0 Å². The molecule has 0 saturated heterocycles. The first-order valence-corrected chi connectivity index (χ1v) is 9.42. The summed E-state index contributed by atoms with van der Waals surface area (Å²) in [4.78, 5) is 0. The SMILES string of the molecule is Cc1cc(-c2ccccc2F)c2c3c(ccc2c1)C1=C(CCC=C1)CC3. The maximum Gasteiger partial charge on any atom is 0.131 e. The van der Waals surface area contributed by atoms with Crippen LogP contribution in [0.2, 0.25) is 0 Å². The Morgan fingerprint density at radius 3 is 2.62 bits per heavy atom. The molecular weight excluding hydrogens is 319 g/mol. The fourth-order valence-corrected chi connectivity index (χ4v) is 4.62. The lowest BCUT2D eigenvalue weighted by Crippen LogP contribution is -2.07. The van der Waals surface area contributed by atoms with Crippen LogP contribution in [0.25, 0.3) is 27.5 Å². The second-order valence-corrected chi connectivity index (χ2v) is 7.44. The molecule has 2 aliphatic carbocycles. The molecule has 3 aromatic rings. The largest absolute Gasteiger partial charge is 0.206 e. The Morgan fingerprint density at radius 1 is 0.846 bits per heavy atom. The molecule has 0 aromatic heterocycles. The van der Waals surface area contributed by atoms with E-state index in [1.807, 2.05) is 12.1 Å². The first-order chi connectivity index (χ1) is 12.7. The number of hydrogen-bond donors (Lipinski definition) is 0. The summed E-state index contributed by atoms with van der Waals surface area (Å²) in [6.07, 6.45) is 9.07. The van der Waals surface area contributed by atoms with Crippen molar-refractivity contribution in [2.45, 2.75) is 32.6 Å². The summed E-state index contributed by atoms with van der Waals surface area (Å²) in [5.74, 6) is -0.148. The number of rotatable bonds is 1. The van der Waals surface area contributed by atoms with Gasteiger partial charge in [-0.25, -0.2) is 4.39 Å². The average molecular weight is 340 g/mol. The molecule has 0 saturated carbocycles. The minimum absolute atomic E-state index is 0.148. The Balaban J connectivity index is 1.86. The standard InChI is InChI=1S/C25H21F/c1-16-14-18-11-12-20-19-7-3-2-6-17(19)10-13-22(20)25(18)23(15-16)21-8-4-5-9-24(21)26/h3-5,7-9,11-12,14-15H,2,6,10,13H2,1H3. The van der Waals surface area contributed by atoms with Gasteiger partial charge in [0.05, 0.1) is 0 Å². The molecule has 0 bridgehead atoms. The van der Waals surface area contributed by atoms with Gasteiger partial charge in [0.1, 0.15) is 5.82 Å². The number of fused-ring (bicyclic) bond motifs is 4. The molecule has 0 nitrogen and oxygen atoms in total. The van der Waals surface area contributed by atoms with Crippen molar-refractivity contribution in [3.05, 3.63) is 88.8 Å². The van der Waals surface area contributed by atoms with Gasteiger partial charge in [0.25, 0.3) is 0 Å². The zero-order chi connectivity index (χ0) is 17.7. The molecule has 0 atom stereocenters. The lowest BCUT2D eigenvalue weighted by atomic mass is 9.78. The molecular formula is C25H21F. The van der Waals surface area contributed by atoms with Crippen LogP contribution in [-0.2, 0) is 6.42 Å². The van der Waals surface area contributed by atoms with E-state index in [2.05, 4.69) is 43.3 Å². The number of hydrogen-bond acceptors (Lipinski definition) is 0. The molecule has 0 aliphatic heterocycles. The Bertz CT molecular complexity index is 1100. The highest BCUT2D eigenvalue weighted by atomic mass is 19.1. The van der Waals surface area contributed by atoms with Crippen molar-refractivity contribution < 1.29 is 4.39 Å². The van der Waals surface area contributed by atoms with Crippen molar-refractivity contribution in [2.75, 3.05) is 0 Å². The molecule has 3 aromatic carbocycles. The third-order valence-electron chi connectivity index (χ3n) is 5.78. The van der Waals surface area contributed by atoms with E-state index in [-0.39, 0.29) is 5.82 Å². The third-order valence-corrected chi connectivity index (χ3v) is 5.78. The second-order valence-electron chi connectivity index (χ2n) is 7.44. The Kier molecular flexibility index (Phi) is 3.56. The fraction of sp³-hybridized carbons (Fsp3) is 0.200. The van der Waals surface area contributed by atoms with E-state index in [0.717, 1.165) is 24.8 Å². The van der Waals surface area contributed by atoms with Gasteiger partial charge in [-0.1, -0.05) is 60.2 Å². The summed E-state index contributed by atoms with van der Waals surface area (Å²) in [6, 6.07) is 16.0. The van der Waals surface area contributed by atoms with Gasteiger partial charge >= 0.3 is 0 Å². The van der Waals surface area contributed by atoms with Crippen LogP contribution in [0.15, 0.2) is 66.3 Å². The van der Waals surface area contributed by atoms with E-state index >= 15 is 0 Å². The number of aryl methyl sites for hydroxylation is 2. The predicted molar refractivity (Wildman–Crippen MR) is 108 cm³/mol. The van der Waals surface area contributed by atoms with Gasteiger partial charge in [-0.05, 0) is 77.3 Å². The van der Waals surface area contributed by atoms with Crippen molar-refractivity contribution in [3.8, 4) is 11.1 Å². The zero-order valence-electron chi connectivity index (χ0n) is 15.0. The van der Waals surface area contributed by atoms with Crippen molar-refractivity contribution in [3.63, 3.8) is 0 Å². The van der Waals surface area contributed by atoms with Gasteiger partial charge in [0, 0.05) is 5.56 Å². The van der Waals surface area contributed by atoms with E-state index in [4.69, 9.17) is 0 Å². The molecule has 0 unspecified atom stereocenters. The summed E-state index contributed by atoms with van der Waals surface area (Å²) in [7, 11) is 0. The van der Waals surface area contributed by atoms with Crippen LogP contribution < -0.4 is 0 Å². The van der Waals surface area contributed by atoms with E-state index in [9.17, 15) is 4.39 Å². The van der Waals surface area contributed by atoms with E-state index in [1.165, 1.54) is 39.5 Å². The molecule has 1 heteroatoms. The highest BCUT2D eigenvalue weighted by Gasteiger charge is 2.22. The molecule has 0 spiro atoms. The van der Waals surface area contributed by atoms with E-state index < -0.39 is 0 Å². The molecule has 2 aliphatic rings. The third kappa shape index (κ3) is 2.34. The van der Waals surface area contributed by atoms with Crippen LogP contribution in [0.5, 0.6) is 0 Å². The summed E-state index contributed by atoms with van der Waals surface area (Å²) in [5, 5.41) is 2.44. The Morgan fingerprint density at radius 2 is 1.73 bits per heavy atom. The summed E-state index contributed by atoms with van der Waals surface area (Å²) in [6.45, 7) is 2.09. The van der Waals surface area contributed by atoms with Crippen LogP contribution >= 0.6 is 0 Å². The van der Waals surface area contributed by atoms with Gasteiger partial charge in [0.2, 0.25) is 0 Å². The molecule has 0 heterocycles. The number of benzene rings is 3. The molecule has 0 N–H and O–H groups in total. The van der Waals surface area contributed by atoms with E-state index in [0.29, 0.717) is 5.56 Å². The van der Waals surface area contributed by atoms with Crippen molar-refractivity contribution >= 4 is 16.3 Å². The minimum Gasteiger partial charge on any atom is -0.206 e. The first kappa shape index (κ1) is 15.6. The van der Waals surface area contributed by atoms with Crippen LogP contribution in [0.4, 0.5) is 4.39 Å². The quantitative estimate of drug-likeness (QED) is 0.447. The van der Waals surface area contributed by atoms with Crippen LogP contribution in [0, 0.1) is 12.7 Å². The van der Waals surface area contributed by atoms with Crippen LogP contribution in [0.3, 0.4) is 0 Å². The Hall–Kier alpha value is -2.67. The van der Waals surface area contributed by atoms with Crippen molar-refractivity contribution in [1.82, 2.24) is 0 Å². The first-order valence-electron chi connectivity index (χ1n) is 9.42. The van der Waals surface area contributed by atoms with Gasteiger partial charge in [-0.3, -0.25) is 0 Å². The topological polar surface area (TPSA) is 0 Å². The Labute approximate surface area is 153 Å². The van der Waals surface area contributed by atoms with Gasteiger partial charge < -0.3 is 0 Å². The molecule has 5 rings (SSSR count). The molecule has 0 radical (unpaired) electrons. The zero-order valence-corrected chi connectivity index (χ0v) is 15.0. The maximum absolute atomic E-state index is 14.6. The van der Waals surface area contributed by atoms with E-state index in [1.54, 1.807) is 17.7 Å². The molecule has 26 heavy (non-hydrogen) atoms. The highest BCUT2D eigenvalue weighted by molar-refractivity contribution is 6.03. The fourth-order valence-electron chi connectivity index (χ4n) is 4.62. The lowest BCUT2D eigenvalue weighted by molar-refractivity contribution is 0.631. The van der Waals surface area contributed by atoms with Crippen molar-refractivity contribution in [2.24, 2.45) is 0 Å². The van der Waals surface area contributed by atoms with Gasteiger partial charge in [0.15, 0.2) is 0 Å². The average Bonchev–Trinajstić information content (AvgIpc) is 2.67. The molecule has 0 fully saturated rings. The second kappa shape index (κ2) is 5.95. The van der Waals surface area contributed by atoms with Crippen molar-refractivity contribution in [1.29, 1.82) is 0 Å². The van der Waals surface area contributed by atoms with Crippen LogP contribution in [0.1, 0.15) is 36.0 Å². The minimum atomic E-state index is -0.148. The number of allylic oxidation sites excluding steroid dienone is 4. The van der Waals surface area contributed by atoms with Crippen LogP contribution in [-0.4, -0.2) is 0 Å². The highest BCUT2D eigenvalue weighted by Crippen LogP contribution is 2.43. The molecule has 128 valence electrons.